The Bertz CT molecular complexity index is 402. The number of rotatable bonds is 3. The standard InChI is InChI=1S/C14H21N3/c15-12-6-4-10(8-12)9-16-14-7-5-11-2-1-3-13(11)17-14/h5,7,10,12H,1-4,6,8-9,15H2,(H,16,17). The number of hydrogen-bond donors (Lipinski definition) is 2. The maximum absolute atomic E-state index is 5.92. The molecule has 3 heteroatoms. The topological polar surface area (TPSA) is 50.9 Å². The Labute approximate surface area is 103 Å². The minimum Gasteiger partial charge on any atom is -0.370 e. The molecule has 3 rings (SSSR count). The van der Waals surface area contributed by atoms with Crippen LogP contribution in [-0.2, 0) is 12.8 Å². The second-order valence-corrected chi connectivity index (χ2v) is 5.48. The van der Waals surface area contributed by atoms with E-state index in [2.05, 4.69) is 17.4 Å². The fourth-order valence-electron chi connectivity index (χ4n) is 3.07. The molecular weight excluding hydrogens is 210 g/mol. The number of nitrogens with zero attached hydrogens (tertiary/aromatic N) is 1. The molecule has 3 nitrogen and oxygen atoms in total. The van der Waals surface area contributed by atoms with Crippen LogP contribution in [0.1, 0.15) is 36.9 Å². The molecule has 3 N–H and O–H groups in total. The number of aryl methyl sites for hydroxylation is 2. The van der Waals surface area contributed by atoms with Gasteiger partial charge in [0.15, 0.2) is 0 Å². The minimum atomic E-state index is 0.426. The summed E-state index contributed by atoms with van der Waals surface area (Å²) in [6.45, 7) is 1.03. The third-order valence-corrected chi connectivity index (χ3v) is 4.08. The second-order valence-electron chi connectivity index (χ2n) is 5.48. The highest BCUT2D eigenvalue weighted by atomic mass is 15.0. The van der Waals surface area contributed by atoms with Crippen molar-refractivity contribution in [2.45, 2.75) is 44.6 Å². The lowest BCUT2D eigenvalue weighted by Crippen LogP contribution is -2.18. The Kier molecular flexibility index (Phi) is 3.02. The fraction of sp³-hybridized carbons (Fsp3) is 0.643. The summed E-state index contributed by atoms with van der Waals surface area (Å²) in [4.78, 5) is 4.69. The Morgan fingerprint density at radius 2 is 2.24 bits per heavy atom. The molecule has 1 saturated carbocycles. The molecule has 2 aliphatic carbocycles. The van der Waals surface area contributed by atoms with Crippen molar-refractivity contribution in [3.05, 3.63) is 23.4 Å². The average molecular weight is 231 g/mol. The quantitative estimate of drug-likeness (QED) is 0.837. The molecule has 92 valence electrons. The van der Waals surface area contributed by atoms with Crippen LogP contribution in [0.5, 0.6) is 0 Å². The summed E-state index contributed by atoms with van der Waals surface area (Å²) in [6, 6.07) is 4.78. The lowest BCUT2D eigenvalue weighted by molar-refractivity contribution is 0.565. The van der Waals surface area contributed by atoms with Gasteiger partial charge in [-0.05, 0) is 56.1 Å². The third kappa shape index (κ3) is 2.44. The van der Waals surface area contributed by atoms with E-state index < -0.39 is 0 Å². The van der Waals surface area contributed by atoms with Crippen LogP contribution in [-0.4, -0.2) is 17.6 Å². The van der Waals surface area contributed by atoms with E-state index in [1.807, 2.05) is 0 Å². The number of hydrogen-bond acceptors (Lipinski definition) is 3. The first-order valence-corrected chi connectivity index (χ1v) is 6.79. The van der Waals surface area contributed by atoms with E-state index in [0.29, 0.717) is 6.04 Å². The molecule has 0 bridgehead atoms. The molecule has 0 spiro atoms. The van der Waals surface area contributed by atoms with Gasteiger partial charge in [0, 0.05) is 18.3 Å². The molecule has 1 aromatic rings. The van der Waals surface area contributed by atoms with Crippen molar-refractivity contribution in [3.8, 4) is 0 Å². The maximum atomic E-state index is 5.92. The average Bonchev–Trinajstić information content (AvgIpc) is 2.94. The van der Waals surface area contributed by atoms with E-state index in [4.69, 9.17) is 10.7 Å². The lowest BCUT2D eigenvalue weighted by atomic mass is 10.1. The van der Waals surface area contributed by atoms with Gasteiger partial charge in [0.1, 0.15) is 5.82 Å². The highest BCUT2D eigenvalue weighted by Gasteiger charge is 2.21. The van der Waals surface area contributed by atoms with Gasteiger partial charge in [-0.3, -0.25) is 0 Å². The van der Waals surface area contributed by atoms with Crippen molar-refractivity contribution in [1.29, 1.82) is 0 Å². The van der Waals surface area contributed by atoms with Crippen LogP contribution < -0.4 is 11.1 Å². The zero-order valence-electron chi connectivity index (χ0n) is 10.3. The number of anilines is 1. The van der Waals surface area contributed by atoms with Crippen molar-refractivity contribution in [1.82, 2.24) is 4.98 Å². The summed E-state index contributed by atoms with van der Waals surface area (Å²) in [5.74, 6) is 1.78. The molecule has 2 unspecified atom stereocenters. The number of nitrogens with one attached hydrogen (secondary N) is 1. The molecule has 1 fully saturated rings. The molecular formula is C14H21N3. The van der Waals surface area contributed by atoms with Crippen molar-refractivity contribution >= 4 is 5.82 Å². The molecule has 0 aromatic carbocycles. The Hall–Kier alpha value is -1.09. The summed E-state index contributed by atoms with van der Waals surface area (Å²) in [7, 11) is 0. The first-order valence-electron chi connectivity index (χ1n) is 6.79. The number of pyridine rings is 1. The molecule has 0 saturated heterocycles. The number of nitrogens with two attached hydrogens (primary N) is 1. The van der Waals surface area contributed by atoms with E-state index in [1.165, 1.54) is 36.9 Å². The van der Waals surface area contributed by atoms with Crippen LogP contribution in [0, 0.1) is 5.92 Å². The predicted molar refractivity (Wildman–Crippen MR) is 70.1 cm³/mol. The van der Waals surface area contributed by atoms with Gasteiger partial charge in [0.05, 0.1) is 0 Å². The van der Waals surface area contributed by atoms with Gasteiger partial charge in [-0.1, -0.05) is 6.07 Å². The maximum Gasteiger partial charge on any atom is 0.126 e. The molecule has 2 aliphatic rings. The van der Waals surface area contributed by atoms with Crippen LogP contribution in [0.4, 0.5) is 5.82 Å². The summed E-state index contributed by atoms with van der Waals surface area (Å²) < 4.78 is 0. The van der Waals surface area contributed by atoms with Crippen molar-refractivity contribution in [2.24, 2.45) is 11.7 Å². The highest BCUT2D eigenvalue weighted by Crippen LogP contribution is 2.25. The van der Waals surface area contributed by atoms with Gasteiger partial charge >= 0.3 is 0 Å². The molecule has 0 radical (unpaired) electrons. The van der Waals surface area contributed by atoms with E-state index >= 15 is 0 Å². The Morgan fingerprint density at radius 1 is 1.29 bits per heavy atom. The molecule has 1 aromatic heterocycles. The van der Waals surface area contributed by atoms with Crippen molar-refractivity contribution in [2.75, 3.05) is 11.9 Å². The Morgan fingerprint density at radius 3 is 3.06 bits per heavy atom. The van der Waals surface area contributed by atoms with Gasteiger partial charge in [0.2, 0.25) is 0 Å². The lowest BCUT2D eigenvalue weighted by Gasteiger charge is -2.12. The SMILES string of the molecule is NC1CCC(CNc2ccc3c(n2)CCC3)C1. The van der Waals surface area contributed by atoms with Crippen LogP contribution in [0.25, 0.3) is 0 Å². The molecule has 17 heavy (non-hydrogen) atoms. The van der Waals surface area contributed by atoms with E-state index in [1.54, 1.807) is 0 Å². The van der Waals surface area contributed by atoms with Crippen LogP contribution in [0.3, 0.4) is 0 Å². The zero-order valence-corrected chi connectivity index (χ0v) is 10.3. The highest BCUT2D eigenvalue weighted by molar-refractivity contribution is 5.40. The Balaban J connectivity index is 1.58. The third-order valence-electron chi connectivity index (χ3n) is 4.08. The zero-order chi connectivity index (χ0) is 11.7. The monoisotopic (exact) mass is 231 g/mol. The number of aromatic nitrogens is 1. The van der Waals surface area contributed by atoms with Gasteiger partial charge in [-0.25, -0.2) is 4.98 Å². The van der Waals surface area contributed by atoms with E-state index in [9.17, 15) is 0 Å². The summed E-state index contributed by atoms with van der Waals surface area (Å²) in [5.41, 5.74) is 8.67. The predicted octanol–water partition coefficient (Wildman–Crippen LogP) is 2.11. The smallest absolute Gasteiger partial charge is 0.126 e. The van der Waals surface area contributed by atoms with Gasteiger partial charge in [-0.2, -0.15) is 0 Å². The fourth-order valence-corrected chi connectivity index (χ4v) is 3.07. The first kappa shape index (κ1) is 11.0. The minimum absolute atomic E-state index is 0.426. The molecule has 0 amide bonds. The normalized spacial score (nSPS) is 27.1. The van der Waals surface area contributed by atoms with Gasteiger partial charge < -0.3 is 11.1 Å². The van der Waals surface area contributed by atoms with Crippen molar-refractivity contribution < 1.29 is 0 Å². The van der Waals surface area contributed by atoms with Gasteiger partial charge in [0.25, 0.3) is 0 Å². The first-order chi connectivity index (χ1) is 8.31. The van der Waals surface area contributed by atoms with Crippen LogP contribution in [0.15, 0.2) is 12.1 Å². The van der Waals surface area contributed by atoms with E-state index in [0.717, 1.165) is 31.1 Å². The second kappa shape index (κ2) is 4.65. The molecule has 1 heterocycles. The molecule has 0 aliphatic heterocycles. The number of fused-ring (bicyclic) bond motifs is 1. The summed E-state index contributed by atoms with van der Waals surface area (Å²) in [6.07, 6.45) is 7.24. The summed E-state index contributed by atoms with van der Waals surface area (Å²) in [5, 5.41) is 3.47. The molecule has 2 atom stereocenters. The van der Waals surface area contributed by atoms with E-state index in [-0.39, 0.29) is 0 Å². The van der Waals surface area contributed by atoms with Crippen molar-refractivity contribution in [3.63, 3.8) is 0 Å². The van der Waals surface area contributed by atoms with Crippen LogP contribution >= 0.6 is 0 Å². The van der Waals surface area contributed by atoms with Gasteiger partial charge in [-0.15, -0.1) is 0 Å². The van der Waals surface area contributed by atoms with Crippen LogP contribution in [0.2, 0.25) is 0 Å². The summed E-state index contributed by atoms with van der Waals surface area (Å²) >= 11 is 0. The largest absolute Gasteiger partial charge is 0.370 e.